The number of para-hydroxylation sites is 1. The molecule has 2 rings (SSSR count). The molecule has 0 aromatic heterocycles. The number of carbonyl (C=O) groups is 2. The fourth-order valence-corrected chi connectivity index (χ4v) is 2.39. The summed E-state index contributed by atoms with van der Waals surface area (Å²) in [5.41, 5.74) is -0.444. The number of carbonyl (C=O) groups excluding carboxylic acids is 2. The number of amides is 2. The average Bonchev–Trinajstić information content (AvgIpc) is 2.64. The molecule has 0 fully saturated rings. The lowest BCUT2D eigenvalue weighted by molar-refractivity contribution is -0.137. The van der Waals surface area contributed by atoms with E-state index >= 15 is 0 Å². The highest BCUT2D eigenvalue weighted by molar-refractivity contribution is 5.98. The molecular formula is C20H19F3N2O2. The quantitative estimate of drug-likeness (QED) is 0.768. The fraction of sp³-hybridized carbons (Fsp3) is 0.200. The smallest absolute Gasteiger partial charge is 0.330 e. The molecule has 7 heteroatoms. The molecule has 0 atom stereocenters. The van der Waals surface area contributed by atoms with Gasteiger partial charge in [0.05, 0.1) is 11.3 Å². The molecule has 0 aliphatic carbocycles. The van der Waals surface area contributed by atoms with E-state index in [1.54, 1.807) is 13.0 Å². The minimum absolute atomic E-state index is 0.242. The lowest BCUT2D eigenvalue weighted by atomic mass is 10.1. The Morgan fingerprint density at radius 3 is 2.30 bits per heavy atom. The Balaban J connectivity index is 2.03. The minimum Gasteiger partial charge on any atom is -0.330 e. The molecule has 0 spiro atoms. The van der Waals surface area contributed by atoms with E-state index in [4.69, 9.17) is 0 Å². The Labute approximate surface area is 155 Å². The second-order valence-electron chi connectivity index (χ2n) is 5.69. The average molecular weight is 376 g/mol. The number of benzene rings is 2. The van der Waals surface area contributed by atoms with E-state index in [0.29, 0.717) is 0 Å². The van der Waals surface area contributed by atoms with Crippen molar-refractivity contribution in [2.24, 2.45) is 0 Å². The number of alkyl halides is 3. The van der Waals surface area contributed by atoms with Gasteiger partial charge in [-0.05, 0) is 30.7 Å². The summed E-state index contributed by atoms with van der Waals surface area (Å²) in [6, 6.07) is 13.9. The highest BCUT2D eigenvalue weighted by atomic mass is 19.4. The minimum atomic E-state index is -4.58. The van der Waals surface area contributed by atoms with Crippen molar-refractivity contribution in [1.29, 1.82) is 0 Å². The first kappa shape index (κ1) is 20.2. The summed E-state index contributed by atoms with van der Waals surface area (Å²) in [4.78, 5) is 25.6. The first-order chi connectivity index (χ1) is 12.8. The maximum Gasteiger partial charge on any atom is 0.418 e. The molecule has 0 saturated carbocycles. The van der Waals surface area contributed by atoms with Gasteiger partial charge in [0.15, 0.2) is 0 Å². The topological polar surface area (TPSA) is 49.4 Å². The van der Waals surface area contributed by atoms with Crippen LogP contribution in [0.1, 0.15) is 18.1 Å². The van der Waals surface area contributed by atoms with Crippen molar-refractivity contribution >= 4 is 23.6 Å². The van der Waals surface area contributed by atoms with Gasteiger partial charge in [0.1, 0.15) is 6.54 Å². The molecule has 2 aromatic carbocycles. The van der Waals surface area contributed by atoms with Crippen LogP contribution in [-0.4, -0.2) is 29.8 Å². The summed E-state index contributed by atoms with van der Waals surface area (Å²) in [5.74, 6) is -1.10. The number of hydrogen-bond acceptors (Lipinski definition) is 2. The summed E-state index contributed by atoms with van der Waals surface area (Å²) in [6.07, 6.45) is -1.64. The Kier molecular flexibility index (Phi) is 6.76. The van der Waals surface area contributed by atoms with Gasteiger partial charge in [-0.3, -0.25) is 9.59 Å². The number of halogens is 3. The van der Waals surface area contributed by atoms with E-state index in [1.807, 2.05) is 30.3 Å². The van der Waals surface area contributed by atoms with Gasteiger partial charge in [-0.15, -0.1) is 0 Å². The largest absolute Gasteiger partial charge is 0.418 e. The fourth-order valence-electron chi connectivity index (χ4n) is 2.39. The zero-order valence-electron chi connectivity index (χ0n) is 14.7. The number of hydrogen-bond donors (Lipinski definition) is 1. The van der Waals surface area contributed by atoms with E-state index in [9.17, 15) is 22.8 Å². The predicted molar refractivity (Wildman–Crippen MR) is 97.8 cm³/mol. The molecule has 0 radical (unpaired) electrons. The van der Waals surface area contributed by atoms with Crippen molar-refractivity contribution in [3.05, 3.63) is 71.8 Å². The van der Waals surface area contributed by atoms with Gasteiger partial charge in [0.25, 0.3) is 0 Å². The van der Waals surface area contributed by atoms with Crippen LogP contribution in [0, 0.1) is 0 Å². The maximum absolute atomic E-state index is 13.0. The van der Waals surface area contributed by atoms with Crippen molar-refractivity contribution in [3.63, 3.8) is 0 Å². The highest BCUT2D eigenvalue weighted by Crippen LogP contribution is 2.34. The molecule has 27 heavy (non-hydrogen) atoms. The molecule has 1 N–H and O–H groups in total. The molecule has 2 amide bonds. The molecule has 0 unspecified atom stereocenters. The van der Waals surface area contributed by atoms with Crippen LogP contribution in [0.3, 0.4) is 0 Å². The molecule has 0 bridgehead atoms. The first-order valence-electron chi connectivity index (χ1n) is 8.29. The molecule has 0 aliphatic rings. The van der Waals surface area contributed by atoms with Gasteiger partial charge in [0, 0.05) is 12.6 Å². The second kappa shape index (κ2) is 9.02. The summed E-state index contributed by atoms with van der Waals surface area (Å²) in [6.45, 7) is 1.58. The van der Waals surface area contributed by atoms with Gasteiger partial charge in [0.2, 0.25) is 11.8 Å². The lowest BCUT2D eigenvalue weighted by Crippen LogP contribution is -2.37. The molecule has 2 aromatic rings. The number of likely N-dealkylation sites (N-methyl/N-ethyl adjacent to an activating group) is 1. The number of rotatable bonds is 6. The summed E-state index contributed by atoms with van der Waals surface area (Å²) in [7, 11) is 0. The van der Waals surface area contributed by atoms with Crippen LogP contribution >= 0.6 is 0 Å². The number of anilines is 1. The van der Waals surface area contributed by atoms with Crippen LogP contribution < -0.4 is 5.32 Å². The third-order valence-electron chi connectivity index (χ3n) is 3.75. The summed E-state index contributed by atoms with van der Waals surface area (Å²) in [5, 5.41) is 2.23. The normalized spacial score (nSPS) is 11.4. The zero-order valence-corrected chi connectivity index (χ0v) is 14.7. The molecule has 4 nitrogen and oxygen atoms in total. The van der Waals surface area contributed by atoms with Crippen molar-refractivity contribution in [2.75, 3.05) is 18.4 Å². The Hall–Kier alpha value is -3.09. The maximum atomic E-state index is 13.0. The van der Waals surface area contributed by atoms with E-state index in [0.717, 1.165) is 11.6 Å². The van der Waals surface area contributed by atoms with Crippen molar-refractivity contribution < 1.29 is 22.8 Å². The van der Waals surface area contributed by atoms with E-state index in [-0.39, 0.29) is 18.8 Å². The van der Waals surface area contributed by atoms with Crippen LogP contribution in [0.25, 0.3) is 6.08 Å². The third kappa shape index (κ3) is 5.99. The molecule has 0 heterocycles. The van der Waals surface area contributed by atoms with E-state index in [2.05, 4.69) is 5.32 Å². The molecular weight excluding hydrogens is 357 g/mol. The predicted octanol–water partition coefficient (Wildman–Crippen LogP) is 4.21. The molecule has 0 aliphatic heterocycles. The number of nitrogens with one attached hydrogen (secondary N) is 1. The van der Waals surface area contributed by atoms with Gasteiger partial charge < -0.3 is 10.2 Å². The van der Waals surface area contributed by atoms with Crippen LogP contribution in [0.5, 0.6) is 0 Å². The van der Waals surface area contributed by atoms with Crippen molar-refractivity contribution in [1.82, 2.24) is 4.90 Å². The summed E-state index contributed by atoms with van der Waals surface area (Å²) < 4.78 is 39.0. The van der Waals surface area contributed by atoms with Crippen LogP contribution in [-0.2, 0) is 15.8 Å². The van der Waals surface area contributed by atoms with Crippen LogP contribution in [0.15, 0.2) is 60.7 Å². The SMILES string of the molecule is CCN(CC(=O)Nc1ccccc1C(F)(F)F)C(=O)/C=C/c1ccccc1. The Morgan fingerprint density at radius 2 is 1.67 bits per heavy atom. The van der Waals surface area contributed by atoms with Gasteiger partial charge in [-0.1, -0.05) is 42.5 Å². The third-order valence-corrected chi connectivity index (χ3v) is 3.75. The first-order valence-corrected chi connectivity index (χ1v) is 8.29. The standard InChI is InChI=1S/C20H19F3N2O2/c1-2-25(19(27)13-12-15-8-4-3-5-9-15)14-18(26)24-17-11-7-6-10-16(17)20(21,22)23/h3-13H,2,14H2,1H3,(H,24,26)/b13-12+. The molecule has 142 valence electrons. The van der Waals surface area contributed by atoms with Gasteiger partial charge in [-0.25, -0.2) is 0 Å². The monoisotopic (exact) mass is 376 g/mol. The van der Waals surface area contributed by atoms with Crippen molar-refractivity contribution in [2.45, 2.75) is 13.1 Å². The van der Waals surface area contributed by atoms with Crippen molar-refractivity contribution in [3.8, 4) is 0 Å². The number of nitrogens with zero attached hydrogens (tertiary/aromatic N) is 1. The molecule has 0 saturated heterocycles. The van der Waals surface area contributed by atoms with Gasteiger partial charge >= 0.3 is 6.18 Å². The van der Waals surface area contributed by atoms with E-state index < -0.39 is 23.6 Å². The Bertz CT molecular complexity index is 817. The zero-order chi connectivity index (χ0) is 19.9. The summed E-state index contributed by atoms with van der Waals surface area (Å²) >= 11 is 0. The van der Waals surface area contributed by atoms with Gasteiger partial charge in [-0.2, -0.15) is 13.2 Å². The van der Waals surface area contributed by atoms with Crippen LogP contribution in [0.4, 0.5) is 18.9 Å². The lowest BCUT2D eigenvalue weighted by Gasteiger charge is -2.19. The Morgan fingerprint density at radius 1 is 1.04 bits per heavy atom. The highest BCUT2D eigenvalue weighted by Gasteiger charge is 2.33. The van der Waals surface area contributed by atoms with E-state index in [1.165, 1.54) is 29.2 Å². The van der Waals surface area contributed by atoms with Crippen LogP contribution in [0.2, 0.25) is 0 Å². The second-order valence-corrected chi connectivity index (χ2v) is 5.69.